The number of allylic oxidation sites excluding steroid dienone is 3. The molecule has 0 aromatic heterocycles. The molecule has 0 spiro atoms. The van der Waals surface area contributed by atoms with Gasteiger partial charge >= 0.3 is 0 Å². The van der Waals surface area contributed by atoms with Crippen LogP contribution in [0.4, 0.5) is 0 Å². The van der Waals surface area contributed by atoms with Crippen LogP contribution >= 0.6 is 0 Å². The van der Waals surface area contributed by atoms with Crippen LogP contribution in [0.1, 0.15) is 113 Å². The molecule has 0 saturated heterocycles. The predicted octanol–water partition coefficient (Wildman–Crippen LogP) is 9.24. The third kappa shape index (κ3) is 3.65. The van der Waals surface area contributed by atoms with Gasteiger partial charge in [0, 0.05) is 7.11 Å². The lowest BCUT2D eigenvalue weighted by atomic mass is 9.41. The van der Waals surface area contributed by atoms with Crippen molar-refractivity contribution in [3.63, 3.8) is 0 Å². The summed E-state index contributed by atoms with van der Waals surface area (Å²) < 4.78 is 6.01. The van der Waals surface area contributed by atoms with E-state index in [4.69, 9.17) is 4.74 Å². The lowest BCUT2D eigenvalue weighted by Gasteiger charge is -2.64. The van der Waals surface area contributed by atoms with Gasteiger partial charge in [0.15, 0.2) is 0 Å². The molecule has 4 rings (SSSR count). The van der Waals surface area contributed by atoms with E-state index in [9.17, 15) is 0 Å². The molecule has 3 fully saturated rings. The first-order chi connectivity index (χ1) is 15.3. The minimum Gasteiger partial charge on any atom is -0.381 e. The van der Waals surface area contributed by atoms with Gasteiger partial charge in [-0.2, -0.15) is 0 Å². The van der Waals surface area contributed by atoms with Gasteiger partial charge in [0.1, 0.15) is 0 Å². The van der Waals surface area contributed by atoms with Crippen molar-refractivity contribution in [2.75, 3.05) is 7.11 Å². The molecule has 2 unspecified atom stereocenters. The van der Waals surface area contributed by atoms with E-state index in [0.29, 0.717) is 28.3 Å². The van der Waals surface area contributed by atoms with Crippen molar-refractivity contribution in [3.8, 4) is 0 Å². The Bertz CT molecular complexity index is 790. The van der Waals surface area contributed by atoms with Crippen molar-refractivity contribution in [1.29, 1.82) is 0 Å². The van der Waals surface area contributed by atoms with E-state index in [0.717, 1.165) is 23.7 Å². The van der Waals surface area contributed by atoms with E-state index >= 15 is 0 Å². The topological polar surface area (TPSA) is 9.23 Å². The highest BCUT2D eigenvalue weighted by Crippen LogP contribution is 2.73. The lowest BCUT2D eigenvalue weighted by Crippen LogP contribution is -2.58. The van der Waals surface area contributed by atoms with E-state index in [1.54, 1.807) is 0 Å². The Kier molecular flexibility index (Phi) is 6.60. The fourth-order valence-electron chi connectivity index (χ4n) is 10.0. The third-order valence-corrected chi connectivity index (χ3v) is 12.7. The molecule has 1 heteroatoms. The number of rotatable bonds is 6. The van der Waals surface area contributed by atoms with Crippen LogP contribution in [0.3, 0.4) is 0 Å². The Balaban J connectivity index is 1.60. The first kappa shape index (κ1) is 25.5. The summed E-state index contributed by atoms with van der Waals surface area (Å²) in [6, 6.07) is 0. The van der Waals surface area contributed by atoms with Crippen LogP contribution in [-0.4, -0.2) is 13.2 Å². The molecular formula is C32H54O. The van der Waals surface area contributed by atoms with Crippen molar-refractivity contribution in [3.05, 3.63) is 23.8 Å². The van der Waals surface area contributed by atoms with Crippen LogP contribution in [0.2, 0.25) is 0 Å². The van der Waals surface area contributed by atoms with Crippen LogP contribution in [0.5, 0.6) is 0 Å². The molecule has 3 saturated carbocycles. The van der Waals surface area contributed by atoms with Gasteiger partial charge in [-0.3, -0.25) is 0 Å². The maximum atomic E-state index is 6.01. The standard InChI is InChI=1S/C32H54O/c1-21(2)22(3)11-12-23(4)24-15-19-32(9)26-13-14-27-29(5,6)28(33-10)17-18-30(27,7)25(26)16-20-31(24,32)8/h16,22-24,26-28H,1,11-15,17-20H2,2-10H3/t22?,23-,24-,26-,27+,28?,30-,31-,32+/m1/s1. The van der Waals surface area contributed by atoms with Crippen molar-refractivity contribution >= 4 is 0 Å². The molecule has 0 radical (unpaired) electrons. The Morgan fingerprint density at radius 1 is 1.00 bits per heavy atom. The summed E-state index contributed by atoms with van der Waals surface area (Å²) in [5.41, 5.74) is 4.77. The Hall–Kier alpha value is -0.560. The summed E-state index contributed by atoms with van der Waals surface area (Å²) in [5, 5.41) is 0. The normalized spacial score (nSPS) is 45.9. The summed E-state index contributed by atoms with van der Waals surface area (Å²) in [4.78, 5) is 0. The quantitative estimate of drug-likeness (QED) is 0.363. The molecule has 33 heavy (non-hydrogen) atoms. The number of methoxy groups -OCH3 is 1. The van der Waals surface area contributed by atoms with Crippen LogP contribution in [0.25, 0.3) is 0 Å². The van der Waals surface area contributed by atoms with Crippen LogP contribution in [-0.2, 0) is 4.74 Å². The molecule has 0 aromatic rings. The van der Waals surface area contributed by atoms with Crippen molar-refractivity contribution in [1.82, 2.24) is 0 Å². The SMILES string of the molecule is C=C(C)C(C)CC[C@@H](C)[C@H]1CC[C@@]2(C)[C@@H]3CC[C@H]4C(C)(C)C(OC)CC[C@]4(C)C3=CC[C@]12C. The molecule has 0 bridgehead atoms. The maximum Gasteiger partial charge on any atom is 0.0625 e. The molecular weight excluding hydrogens is 400 g/mol. The minimum atomic E-state index is 0.266. The highest BCUT2D eigenvalue weighted by molar-refractivity contribution is 5.32. The van der Waals surface area contributed by atoms with E-state index < -0.39 is 0 Å². The fourth-order valence-corrected chi connectivity index (χ4v) is 10.0. The molecule has 4 aliphatic rings. The highest BCUT2D eigenvalue weighted by Gasteiger charge is 2.65. The van der Waals surface area contributed by atoms with E-state index in [-0.39, 0.29) is 5.41 Å². The average molecular weight is 455 g/mol. The number of hydrogen-bond acceptors (Lipinski definition) is 1. The molecule has 0 heterocycles. The molecule has 4 aliphatic carbocycles. The highest BCUT2D eigenvalue weighted by atomic mass is 16.5. The second-order valence-corrected chi connectivity index (χ2v) is 14.3. The van der Waals surface area contributed by atoms with E-state index in [1.807, 2.05) is 12.7 Å². The summed E-state index contributed by atoms with van der Waals surface area (Å²) in [7, 11) is 1.93. The predicted molar refractivity (Wildman–Crippen MR) is 142 cm³/mol. The molecule has 0 amide bonds. The maximum absolute atomic E-state index is 6.01. The van der Waals surface area contributed by atoms with Crippen LogP contribution < -0.4 is 0 Å². The summed E-state index contributed by atoms with van der Waals surface area (Å²) in [6.45, 7) is 24.4. The molecule has 1 nitrogen and oxygen atoms in total. The number of fused-ring (bicyclic) bond motifs is 5. The summed E-state index contributed by atoms with van der Waals surface area (Å²) in [6.07, 6.45) is 15.3. The van der Waals surface area contributed by atoms with E-state index in [1.165, 1.54) is 63.4 Å². The monoisotopic (exact) mass is 454 g/mol. The van der Waals surface area contributed by atoms with Gasteiger partial charge < -0.3 is 4.74 Å². The fraction of sp³-hybridized carbons (Fsp3) is 0.875. The molecule has 0 aliphatic heterocycles. The second kappa shape index (κ2) is 8.53. The summed E-state index contributed by atoms with van der Waals surface area (Å²) >= 11 is 0. The van der Waals surface area contributed by atoms with Gasteiger partial charge in [0.05, 0.1) is 6.10 Å². The zero-order valence-corrected chi connectivity index (χ0v) is 23.5. The summed E-state index contributed by atoms with van der Waals surface area (Å²) in [5.74, 6) is 3.88. The molecule has 0 N–H and O–H groups in total. The lowest BCUT2D eigenvalue weighted by molar-refractivity contribution is -0.130. The van der Waals surface area contributed by atoms with Gasteiger partial charge in [0.2, 0.25) is 0 Å². The van der Waals surface area contributed by atoms with Gasteiger partial charge in [-0.15, -0.1) is 0 Å². The average Bonchev–Trinajstić information content (AvgIpc) is 3.03. The Morgan fingerprint density at radius 2 is 1.70 bits per heavy atom. The van der Waals surface area contributed by atoms with Gasteiger partial charge in [-0.25, -0.2) is 0 Å². The molecule has 0 aromatic carbocycles. The van der Waals surface area contributed by atoms with Crippen LogP contribution in [0.15, 0.2) is 23.8 Å². The van der Waals surface area contributed by atoms with Gasteiger partial charge in [-0.05, 0) is 116 Å². The van der Waals surface area contributed by atoms with Crippen molar-refractivity contribution in [2.24, 2.45) is 51.2 Å². The van der Waals surface area contributed by atoms with Gasteiger partial charge in [0.25, 0.3) is 0 Å². The first-order valence-corrected chi connectivity index (χ1v) is 14.2. The first-order valence-electron chi connectivity index (χ1n) is 14.2. The minimum absolute atomic E-state index is 0.266. The smallest absolute Gasteiger partial charge is 0.0625 e. The third-order valence-electron chi connectivity index (χ3n) is 12.7. The van der Waals surface area contributed by atoms with E-state index in [2.05, 4.69) is 68.0 Å². The van der Waals surface area contributed by atoms with Crippen molar-refractivity contribution < 1.29 is 4.74 Å². The molecule has 188 valence electrons. The number of hydrogen-bond donors (Lipinski definition) is 0. The Labute approximate surface area is 206 Å². The second-order valence-electron chi connectivity index (χ2n) is 14.3. The largest absolute Gasteiger partial charge is 0.381 e. The number of ether oxygens (including phenoxy) is 1. The zero-order valence-electron chi connectivity index (χ0n) is 23.5. The van der Waals surface area contributed by atoms with Crippen molar-refractivity contribution in [2.45, 2.75) is 119 Å². The van der Waals surface area contributed by atoms with Crippen LogP contribution in [0, 0.1) is 51.2 Å². The zero-order chi connectivity index (χ0) is 24.4. The van der Waals surface area contributed by atoms with Gasteiger partial charge in [-0.1, -0.05) is 72.3 Å². The Morgan fingerprint density at radius 3 is 2.33 bits per heavy atom. The molecule has 9 atom stereocenters.